The number of nitrogens with zero attached hydrogens (tertiary/aromatic N) is 2. The number of hydrogen-bond donors (Lipinski definition) is 2. The number of benzene rings is 1. The molecule has 0 amide bonds. The maximum Gasteiger partial charge on any atom is 0.191 e. The maximum atomic E-state index is 5.12. The molecule has 0 radical (unpaired) electrons. The molecule has 0 aliphatic heterocycles. The third kappa shape index (κ3) is 5.62. The van der Waals surface area contributed by atoms with E-state index in [1.54, 1.807) is 20.4 Å². The van der Waals surface area contributed by atoms with E-state index in [9.17, 15) is 0 Å². The van der Waals surface area contributed by atoms with Crippen LogP contribution in [0.5, 0.6) is 5.75 Å². The van der Waals surface area contributed by atoms with Gasteiger partial charge in [-0.25, -0.2) is 0 Å². The average Bonchev–Trinajstić information content (AvgIpc) is 3.01. The molecule has 0 saturated carbocycles. The van der Waals surface area contributed by atoms with Crippen LogP contribution in [0.15, 0.2) is 46.1 Å². The number of ether oxygens (including phenoxy) is 1. The molecule has 2 aromatic rings. The Balaban J connectivity index is 0.00000220. The van der Waals surface area contributed by atoms with Gasteiger partial charge in [-0.15, -0.1) is 24.0 Å². The molecule has 0 unspecified atom stereocenters. The van der Waals surface area contributed by atoms with Crippen molar-refractivity contribution in [1.82, 2.24) is 15.8 Å². The zero-order valence-corrected chi connectivity index (χ0v) is 14.3. The minimum absolute atomic E-state index is 0. The third-order valence-electron chi connectivity index (χ3n) is 2.77. The van der Waals surface area contributed by atoms with Crippen LogP contribution in [-0.4, -0.2) is 25.3 Å². The van der Waals surface area contributed by atoms with E-state index >= 15 is 0 Å². The van der Waals surface area contributed by atoms with Gasteiger partial charge in [-0.1, -0.05) is 17.3 Å². The highest BCUT2D eigenvalue weighted by Gasteiger charge is 2.01. The predicted octanol–water partition coefficient (Wildman–Crippen LogP) is 2.17. The number of aromatic nitrogens is 1. The SMILES string of the molecule is CN=C(NCc1ccc(OC)cc1)NCc1ccon1.I. The largest absolute Gasteiger partial charge is 0.497 e. The highest BCUT2D eigenvalue weighted by atomic mass is 127. The Morgan fingerprint density at radius 3 is 2.48 bits per heavy atom. The Morgan fingerprint density at radius 1 is 1.19 bits per heavy atom. The van der Waals surface area contributed by atoms with Crippen LogP contribution >= 0.6 is 24.0 Å². The van der Waals surface area contributed by atoms with Gasteiger partial charge < -0.3 is 19.9 Å². The van der Waals surface area contributed by atoms with Crippen LogP contribution in [0.2, 0.25) is 0 Å². The standard InChI is InChI=1S/C14H18N4O2.HI/c1-15-14(17-10-12-7-8-20-18-12)16-9-11-3-5-13(19-2)6-4-11;/h3-8H,9-10H2,1-2H3,(H2,15,16,17);1H. The van der Waals surface area contributed by atoms with Crippen LogP contribution in [0.4, 0.5) is 0 Å². The van der Waals surface area contributed by atoms with Crippen molar-refractivity contribution in [2.75, 3.05) is 14.2 Å². The summed E-state index contributed by atoms with van der Waals surface area (Å²) < 4.78 is 9.89. The number of rotatable bonds is 5. The second kappa shape index (κ2) is 9.22. The summed E-state index contributed by atoms with van der Waals surface area (Å²) in [6, 6.07) is 9.70. The van der Waals surface area contributed by atoms with Crippen LogP contribution in [0.1, 0.15) is 11.3 Å². The number of nitrogens with one attached hydrogen (secondary N) is 2. The van der Waals surface area contributed by atoms with Gasteiger partial charge in [-0.3, -0.25) is 4.99 Å². The number of methoxy groups -OCH3 is 1. The van der Waals surface area contributed by atoms with Crippen molar-refractivity contribution < 1.29 is 9.26 Å². The van der Waals surface area contributed by atoms with Gasteiger partial charge in [-0.2, -0.15) is 0 Å². The van der Waals surface area contributed by atoms with Gasteiger partial charge in [0.25, 0.3) is 0 Å². The van der Waals surface area contributed by atoms with E-state index in [1.807, 2.05) is 30.3 Å². The normalized spacial score (nSPS) is 10.7. The molecule has 0 aliphatic rings. The molecule has 2 N–H and O–H groups in total. The van der Waals surface area contributed by atoms with E-state index in [4.69, 9.17) is 9.26 Å². The maximum absolute atomic E-state index is 5.12. The molecule has 0 aliphatic carbocycles. The number of halogens is 1. The van der Waals surface area contributed by atoms with E-state index < -0.39 is 0 Å². The summed E-state index contributed by atoms with van der Waals surface area (Å²) in [5.41, 5.74) is 1.98. The highest BCUT2D eigenvalue weighted by Crippen LogP contribution is 2.10. The average molecular weight is 402 g/mol. The van der Waals surface area contributed by atoms with Crippen LogP contribution in [0.25, 0.3) is 0 Å². The molecule has 1 aromatic carbocycles. The smallest absolute Gasteiger partial charge is 0.191 e. The highest BCUT2D eigenvalue weighted by molar-refractivity contribution is 14.0. The van der Waals surface area contributed by atoms with Gasteiger partial charge in [0.2, 0.25) is 0 Å². The van der Waals surface area contributed by atoms with Gasteiger partial charge in [0.15, 0.2) is 5.96 Å². The van der Waals surface area contributed by atoms with Crippen LogP contribution < -0.4 is 15.4 Å². The molecule has 1 aromatic heterocycles. The molecule has 6 nitrogen and oxygen atoms in total. The first-order valence-corrected chi connectivity index (χ1v) is 6.28. The monoisotopic (exact) mass is 402 g/mol. The second-order valence-electron chi connectivity index (χ2n) is 4.12. The zero-order chi connectivity index (χ0) is 14.2. The van der Waals surface area contributed by atoms with Crippen LogP contribution in [0, 0.1) is 0 Å². The fourth-order valence-electron chi connectivity index (χ4n) is 1.65. The molecule has 0 spiro atoms. The lowest BCUT2D eigenvalue weighted by molar-refractivity contribution is 0.410. The van der Waals surface area contributed by atoms with E-state index in [2.05, 4.69) is 20.8 Å². The Morgan fingerprint density at radius 2 is 1.90 bits per heavy atom. The first-order chi connectivity index (χ1) is 9.81. The van der Waals surface area contributed by atoms with Crippen molar-refractivity contribution in [3.63, 3.8) is 0 Å². The molecular weight excluding hydrogens is 383 g/mol. The molecule has 0 saturated heterocycles. The van der Waals surface area contributed by atoms with Gasteiger partial charge in [0.05, 0.1) is 13.7 Å². The quantitative estimate of drug-likeness (QED) is 0.456. The lowest BCUT2D eigenvalue weighted by Gasteiger charge is -2.11. The molecule has 0 fully saturated rings. The summed E-state index contributed by atoms with van der Waals surface area (Å²) in [6.45, 7) is 1.25. The van der Waals surface area contributed by atoms with Gasteiger partial charge >= 0.3 is 0 Å². The fourth-order valence-corrected chi connectivity index (χ4v) is 1.65. The summed E-state index contributed by atoms with van der Waals surface area (Å²) in [7, 11) is 3.38. The van der Waals surface area contributed by atoms with Gasteiger partial charge in [0.1, 0.15) is 17.7 Å². The summed E-state index contributed by atoms with van der Waals surface area (Å²) in [4.78, 5) is 4.15. The Hall–Kier alpha value is -1.77. The number of hydrogen-bond acceptors (Lipinski definition) is 4. The molecular formula is C14H19IN4O2. The number of guanidine groups is 1. The molecule has 2 rings (SSSR count). The Bertz CT molecular complexity index is 541. The predicted molar refractivity (Wildman–Crippen MR) is 92.0 cm³/mol. The minimum atomic E-state index is 0. The molecule has 114 valence electrons. The topological polar surface area (TPSA) is 71.7 Å². The van der Waals surface area contributed by atoms with E-state index in [1.165, 1.54) is 0 Å². The van der Waals surface area contributed by atoms with Gasteiger partial charge in [0, 0.05) is 19.7 Å². The Labute approximate surface area is 141 Å². The second-order valence-corrected chi connectivity index (χ2v) is 4.12. The summed E-state index contributed by atoms with van der Waals surface area (Å²) in [5, 5.41) is 10.2. The van der Waals surface area contributed by atoms with Crippen molar-refractivity contribution in [3.8, 4) is 5.75 Å². The number of aliphatic imine (C=N–C) groups is 1. The van der Waals surface area contributed by atoms with E-state index in [0.29, 0.717) is 19.0 Å². The first kappa shape index (κ1) is 17.3. The molecule has 0 bridgehead atoms. The van der Waals surface area contributed by atoms with Crippen molar-refractivity contribution in [1.29, 1.82) is 0 Å². The fraction of sp³-hybridized carbons (Fsp3) is 0.286. The minimum Gasteiger partial charge on any atom is -0.497 e. The summed E-state index contributed by atoms with van der Waals surface area (Å²) >= 11 is 0. The lowest BCUT2D eigenvalue weighted by atomic mass is 10.2. The van der Waals surface area contributed by atoms with Crippen molar-refractivity contribution >= 4 is 29.9 Å². The molecule has 21 heavy (non-hydrogen) atoms. The first-order valence-electron chi connectivity index (χ1n) is 6.28. The molecule has 0 atom stereocenters. The molecule has 1 heterocycles. The van der Waals surface area contributed by atoms with E-state index in [-0.39, 0.29) is 24.0 Å². The van der Waals surface area contributed by atoms with Gasteiger partial charge in [-0.05, 0) is 17.7 Å². The summed E-state index contributed by atoms with van der Waals surface area (Å²) in [6.07, 6.45) is 1.55. The summed E-state index contributed by atoms with van der Waals surface area (Å²) in [5.74, 6) is 1.56. The van der Waals surface area contributed by atoms with Crippen molar-refractivity contribution in [2.24, 2.45) is 4.99 Å². The molecule has 7 heteroatoms. The van der Waals surface area contributed by atoms with E-state index in [0.717, 1.165) is 17.0 Å². The van der Waals surface area contributed by atoms with Crippen LogP contribution in [0.3, 0.4) is 0 Å². The van der Waals surface area contributed by atoms with Crippen molar-refractivity contribution in [2.45, 2.75) is 13.1 Å². The lowest BCUT2D eigenvalue weighted by Crippen LogP contribution is -2.36. The Kier molecular flexibility index (Phi) is 7.59. The zero-order valence-electron chi connectivity index (χ0n) is 12.0. The third-order valence-corrected chi connectivity index (χ3v) is 2.77. The van der Waals surface area contributed by atoms with Crippen molar-refractivity contribution in [3.05, 3.63) is 47.9 Å². The van der Waals surface area contributed by atoms with Crippen LogP contribution in [-0.2, 0) is 13.1 Å².